The number of halogens is 4. The Morgan fingerprint density at radius 3 is 2.25 bits per heavy atom. The van der Waals surface area contributed by atoms with E-state index >= 15 is 0 Å². The van der Waals surface area contributed by atoms with Crippen molar-refractivity contribution in [1.29, 1.82) is 0 Å². The van der Waals surface area contributed by atoms with E-state index in [0.717, 1.165) is 0 Å². The minimum absolute atomic E-state index is 0.221. The van der Waals surface area contributed by atoms with Gasteiger partial charge in [-0.2, -0.15) is 8.78 Å². The molecule has 0 saturated carbocycles. The van der Waals surface area contributed by atoms with E-state index < -0.39 is 30.8 Å². The lowest BCUT2D eigenvalue weighted by atomic mass is 10.1. The summed E-state index contributed by atoms with van der Waals surface area (Å²) in [5.74, 6) is -4.31. The Hall–Kier alpha value is -1.63. The van der Waals surface area contributed by atoms with Gasteiger partial charge in [0, 0.05) is 5.56 Å². The standard InChI is InChI=1S/C13H14F4O3/c1-8(20-7-13(16,17)12(14)15)11(18)9-3-5-10(19-2)6-4-9/h3-6,8,12H,7H2,1-2H3. The highest BCUT2D eigenvalue weighted by atomic mass is 19.3. The average Bonchev–Trinajstić information content (AvgIpc) is 2.44. The van der Waals surface area contributed by atoms with Crippen LogP contribution in [0.1, 0.15) is 17.3 Å². The van der Waals surface area contributed by atoms with Crippen molar-refractivity contribution < 1.29 is 31.8 Å². The average molecular weight is 294 g/mol. The maximum Gasteiger partial charge on any atom is 0.330 e. The molecular weight excluding hydrogens is 280 g/mol. The Morgan fingerprint density at radius 2 is 1.80 bits per heavy atom. The molecule has 1 rings (SSSR count). The summed E-state index contributed by atoms with van der Waals surface area (Å²) in [4.78, 5) is 11.8. The number of rotatable bonds is 7. The molecule has 0 radical (unpaired) electrons. The van der Waals surface area contributed by atoms with Crippen LogP contribution in [0.4, 0.5) is 17.6 Å². The van der Waals surface area contributed by atoms with E-state index in [1.54, 1.807) is 0 Å². The van der Waals surface area contributed by atoms with Crippen LogP contribution in [0, 0.1) is 0 Å². The third-order valence-corrected chi connectivity index (χ3v) is 2.59. The van der Waals surface area contributed by atoms with Gasteiger partial charge in [0.05, 0.1) is 7.11 Å². The number of hydrogen-bond acceptors (Lipinski definition) is 3. The second-order valence-corrected chi connectivity index (χ2v) is 4.11. The quantitative estimate of drug-likeness (QED) is 0.572. The lowest BCUT2D eigenvalue weighted by Crippen LogP contribution is -2.35. The van der Waals surface area contributed by atoms with Crippen molar-refractivity contribution in [3.05, 3.63) is 29.8 Å². The molecule has 0 heterocycles. The van der Waals surface area contributed by atoms with E-state index in [-0.39, 0.29) is 5.56 Å². The Labute approximate surface area is 113 Å². The molecule has 1 aromatic carbocycles. The largest absolute Gasteiger partial charge is 0.497 e. The van der Waals surface area contributed by atoms with Crippen LogP contribution < -0.4 is 4.74 Å². The monoisotopic (exact) mass is 294 g/mol. The van der Waals surface area contributed by atoms with Crippen molar-refractivity contribution in [2.75, 3.05) is 13.7 Å². The van der Waals surface area contributed by atoms with Crippen LogP contribution in [0.15, 0.2) is 24.3 Å². The zero-order chi connectivity index (χ0) is 15.3. The molecule has 7 heteroatoms. The molecule has 1 atom stereocenters. The Morgan fingerprint density at radius 1 is 1.25 bits per heavy atom. The zero-order valence-electron chi connectivity index (χ0n) is 10.9. The van der Waals surface area contributed by atoms with Crippen molar-refractivity contribution in [1.82, 2.24) is 0 Å². The van der Waals surface area contributed by atoms with E-state index in [1.165, 1.54) is 38.3 Å². The van der Waals surface area contributed by atoms with Gasteiger partial charge in [0.1, 0.15) is 18.5 Å². The van der Waals surface area contributed by atoms with E-state index in [9.17, 15) is 22.4 Å². The van der Waals surface area contributed by atoms with Gasteiger partial charge in [0.15, 0.2) is 5.78 Å². The molecule has 0 bridgehead atoms. The molecule has 0 spiro atoms. The van der Waals surface area contributed by atoms with Crippen LogP contribution in [0.2, 0.25) is 0 Å². The van der Waals surface area contributed by atoms with Gasteiger partial charge in [0.2, 0.25) is 0 Å². The van der Waals surface area contributed by atoms with Crippen molar-refractivity contribution in [2.45, 2.75) is 25.4 Å². The summed E-state index contributed by atoms with van der Waals surface area (Å²) < 4.78 is 58.7. The van der Waals surface area contributed by atoms with Gasteiger partial charge in [-0.3, -0.25) is 4.79 Å². The molecule has 0 aromatic heterocycles. The van der Waals surface area contributed by atoms with Crippen molar-refractivity contribution in [3.8, 4) is 5.75 Å². The molecular formula is C13H14F4O3. The highest BCUT2D eigenvalue weighted by Crippen LogP contribution is 2.24. The van der Waals surface area contributed by atoms with Crippen LogP contribution in [-0.2, 0) is 4.74 Å². The number of carbonyl (C=O) groups is 1. The van der Waals surface area contributed by atoms with Gasteiger partial charge in [-0.25, -0.2) is 8.78 Å². The Bertz CT molecular complexity index is 445. The first-order valence-corrected chi connectivity index (χ1v) is 5.73. The molecule has 3 nitrogen and oxygen atoms in total. The minimum atomic E-state index is -4.27. The van der Waals surface area contributed by atoms with E-state index in [4.69, 9.17) is 4.74 Å². The van der Waals surface area contributed by atoms with Crippen molar-refractivity contribution in [3.63, 3.8) is 0 Å². The third-order valence-electron chi connectivity index (χ3n) is 2.59. The van der Waals surface area contributed by atoms with E-state index in [1.807, 2.05) is 0 Å². The number of benzene rings is 1. The first kappa shape index (κ1) is 16.4. The zero-order valence-corrected chi connectivity index (χ0v) is 10.9. The SMILES string of the molecule is COc1ccc(C(=O)C(C)OCC(F)(F)C(F)F)cc1. The molecule has 0 aliphatic rings. The van der Waals surface area contributed by atoms with Gasteiger partial charge in [-0.05, 0) is 31.2 Å². The molecule has 0 fully saturated rings. The van der Waals surface area contributed by atoms with E-state index in [0.29, 0.717) is 5.75 Å². The number of ketones is 1. The minimum Gasteiger partial charge on any atom is -0.497 e. The van der Waals surface area contributed by atoms with Crippen molar-refractivity contribution in [2.24, 2.45) is 0 Å². The predicted octanol–water partition coefficient (Wildman–Crippen LogP) is 3.18. The molecule has 0 aliphatic heterocycles. The Kier molecular flexibility index (Phi) is 5.50. The fraction of sp³-hybridized carbons (Fsp3) is 0.462. The van der Waals surface area contributed by atoms with Gasteiger partial charge in [-0.1, -0.05) is 0 Å². The van der Waals surface area contributed by atoms with Crippen LogP contribution in [0.3, 0.4) is 0 Å². The number of Topliss-reactive ketones (excluding diaryl/α,β-unsaturated/α-hetero) is 1. The molecule has 0 N–H and O–H groups in total. The number of methoxy groups -OCH3 is 1. The van der Waals surface area contributed by atoms with Gasteiger partial charge < -0.3 is 9.47 Å². The summed E-state index contributed by atoms with van der Waals surface area (Å²) >= 11 is 0. The smallest absolute Gasteiger partial charge is 0.330 e. The fourth-order valence-electron chi connectivity index (χ4n) is 1.36. The summed E-state index contributed by atoms with van der Waals surface area (Å²) in [6.07, 6.45) is -5.07. The highest BCUT2D eigenvalue weighted by Gasteiger charge is 2.41. The maximum absolute atomic E-state index is 12.7. The summed E-state index contributed by atoms with van der Waals surface area (Å²) in [5, 5.41) is 0. The molecule has 20 heavy (non-hydrogen) atoms. The second-order valence-electron chi connectivity index (χ2n) is 4.11. The lowest BCUT2D eigenvalue weighted by molar-refractivity contribution is -0.170. The second kappa shape index (κ2) is 6.69. The summed E-state index contributed by atoms with van der Waals surface area (Å²) in [6, 6.07) is 5.92. The first-order chi connectivity index (χ1) is 9.27. The summed E-state index contributed by atoms with van der Waals surface area (Å²) in [7, 11) is 1.45. The van der Waals surface area contributed by atoms with Crippen LogP contribution in [-0.4, -0.2) is 38.0 Å². The lowest BCUT2D eigenvalue weighted by Gasteiger charge is -2.18. The highest BCUT2D eigenvalue weighted by molar-refractivity contribution is 5.99. The van der Waals surface area contributed by atoms with Crippen LogP contribution in [0.25, 0.3) is 0 Å². The summed E-state index contributed by atoms with van der Waals surface area (Å²) in [5.41, 5.74) is 0.221. The Balaban J connectivity index is 2.62. The topological polar surface area (TPSA) is 35.5 Å². The number of alkyl halides is 4. The molecule has 1 aromatic rings. The van der Waals surface area contributed by atoms with Crippen molar-refractivity contribution >= 4 is 5.78 Å². The molecule has 1 unspecified atom stereocenters. The molecule has 112 valence electrons. The molecule has 0 amide bonds. The number of hydrogen-bond donors (Lipinski definition) is 0. The number of carbonyl (C=O) groups excluding carboxylic acids is 1. The molecule has 0 aliphatic carbocycles. The van der Waals surface area contributed by atoms with Crippen LogP contribution in [0.5, 0.6) is 5.75 Å². The third kappa shape index (κ3) is 4.19. The number of ether oxygens (including phenoxy) is 2. The normalized spacial score (nSPS) is 13.3. The fourth-order valence-corrected chi connectivity index (χ4v) is 1.36. The van der Waals surface area contributed by atoms with Gasteiger partial charge in [0.25, 0.3) is 0 Å². The van der Waals surface area contributed by atoms with Crippen LogP contribution >= 0.6 is 0 Å². The first-order valence-electron chi connectivity index (χ1n) is 5.73. The van der Waals surface area contributed by atoms with E-state index in [2.05, 4.69) is 4.74 Å². The van der Waals surface area contributed by atoms with Gasteiger partial charge >= 0.3 is 12.3 Å². The maximum atomic E-state index is 12.7. The van der Waals surface area contributed by atoms with Gasteiger partial charge in [-0.15, -0.1) is 0 Å². The predicted molar refractivity (Wildman–Crippen MR) is 63.7 cm³/mol. The molecule has 0 saturated heterocycles. The summed E-state index contributed by atoms with van der Waals surface area (Å²) in [6.45, 7) is -0.276.